The number of aliphatic hydroxyl groups excluding tert-OH is 1. The quantitative estimate of drug-likeness (QED) is 0.703. The van der Waals surface area contributed by atoms with Gasteiger partial charge in [0, 0.05) is 18.0 Å². The van der Waals surface area contributed by atoms with E-state index in [1.165, 1.54) is 4.88 Å². The van der Waals surface area contributed by atoms with E-state index in [1.807, 2.05) is 11.3 Å². The van der Waals surface area contributed by atoms with E-state index in [0.29, 0.717) is 6.61 Å². The lowest BCUT2D eigenvalue weighted by Crippen LogP contribution is -2.23. The number of thiophene rings is 1. The molecule has 0 aromatic carbocycles. The standard InChI is InChI=1S/C11H19NOS/c1-2-12(7-3-4-8-13)10-11-6-5-9-14-11/h5-6,9,13H,2-4,7-8,10H2,1H3. The summed E-state index contributed by atoms with van der Waals surface area (Å²) in [5.41, 5.74) is 0. The van der Waals surface area contributed by atoms with Crippen LogP contribution in [0.2, 0.25) is 0 Å². The van der Waals surface area contributed by atoms with Crippen molar-refractivity contribution in [3.63, 3.8) is 0 Å². The van der Waals surface area contributed by atoms with Crippen molar-refractivity contribution in [2.75, 3.05) is 19.7 Å². The Morgan fingerprint density at radius 3 is 2.86 bits per heavy atom. The second-order valence-corrected chi connectivity index (χ2v) is 4.41. The minimum absolute atomic E-state index is 0.316. The molecule has 0 aliphatic heterocycles. The normalized spacial score (nSPS) is 11.1. The Morgan fingerprint density at radius 2 is 2.29 bits per heavy atom. The molecule has 3 heteroatoms. The molecule has 1 aromatic rings. The predicted octanol–water partition coefficient (Wildman–Crippen LogP) is 2.34. The van der Waals surface area contributed by atoms with Gasteiger partial charge < -0.3 is 5.11 Å². The van der Waals surface area contributed by atoms with Crippen LogP contribution >= 0.6 is 11.3 Å². The second-order valence-electron chi connectivity index (χ2n) is 3.38. The van der Waals surface area contributed by atoms with Crippen molar-refractivity contribution < 1.29 is 5.11 Å². The average molecular weight is 213 g/mol. The smallest absolute Gasteiger partial charge is 0.0431 e. The molecule has 1 N–H and O–H groups in total. The lowest BCUT2D eigenvalue weighted by Gasteiger charge is -2.18. The van der Waals surface area contributed by atoms with Crippen LogP contribution in [-0.2, 0) is 6.54 Å². The van der Waals surface area contributed by atoms with Gasteiger partial charge >= 0.3 is 0 Å². The van der Waals surface area contributed by atoms with Crippen LogP contribution in [0.4, 0.5) is 0 Å². The van der Waals surface area contributed by atoms with Gasteiger partial charge in [0.2, 0.25) is 0 Å². The Bertz CT molecular complexity index is 223. The Kier molecular flexibility index (Phi) is 5.83. The molecule has 0 spiro atoms. The maximum Gasteiger partial charge on any atom is 0.0431 e. The Hall–Kier alpha value is -0.380. The minimum atomic E-state index is 0.316. The van der Waals surface area contributed by atoms with E-state index in [-0.39, 0.29) is 0 Å². The molecule has 0 radical (unpaired) electrons. The number of hydrogen-bond donors (Lipinski definition) is 1. The number of rotatable bonds is 7. The van der Waals surface area contributed by atoms with Gasteiger partial charge in [-0.05, 0) is 37.4 Å². The van der Waals surface area contributed by atoms with Crippen molar-refractivity contribution in [3.05, 3.63) is 22.4 Å². The van der Waals surface area contributed by atoms with Gasteiger partial charge in [-0.15, -0.1) is 11.3 Å². The fourth-order valence-electron chi connectivity index (χ4n) is 1.42. The van der Waals surface area contributed by atoms with Crippen LogP contribution in [0.25, 0.3) is 0 Å². The summed E-state index contributed by atoms with van der Waals surface area (Å²) in [6, 6.07) is 4.28. The molecule has 1 heterocycles. The van der Waals surface area contributed by atoms with Crippen LogP contribution in [0, 0.1) is 0 Å². The van der Waals surface area contributed by atoms with E-state index >= 15 is 0 Å². The third kappa shape index (κ3) is 4.22. The number of aliphatic hydroxyl groups is 1. The van der Waals surface area contributed by atoms with Crippen molar-refractivity contribution in [1.29, 1.82) is 0 Å². The van der Waals surface area contributed by atoms with E-state index < -0.39 is 0 Å². The van der Waals surface area contributed by atoms with Crippen molar-refractivity contribution in [2.45, 2.75) is 26.3 Å². The van der Waals surface area contributed by atoms with E-state index in [1.54, 1.807) is 0 Å². The van der Waals surface area contributed by atoms with E-state index in [9.17, 15) is 0 Å². The van der Waals surface area contributed by atoms with Crippen LogP contribution < -0.4 is 0 Å². The van der Waals surface area contributed by atoms with E-state index in [0.717, 1.165) is 32.5 Å². The van der Waals surface area contributed by atoms with E-state index in [4.69, 9.17) is 5.11 Å². The molecule has 1 rings (SSSR count). The predicted molar refractivity (Wildman–Crippen MR) is 61.6 cm³/mol. The van der Waals surface area contributed by atoms with Gasteiger partial charge in [0.25, 0.3) is 0 Å². The summed E-state index contributed by atoms with van der Waals surface area (Å²) in [7, 11) is 0. The molecule has 0 amide bonds. The zero-order chi connectivity index (χ0) is 10.2. The summed E-state index contributed by atoms with van der Waals surface area (Å²) in [5, 5.41) is 10.8. The highest BCUT2D eigenvalue weighted by Crippen LogP contribution is 2.11. The summed E-state index contributed by atoms with van der Waals surface area (Å²) in [5.74, 6) is 0. The summed E-state index contributed by atoms with van der Waals surface area (Å²) < 4.78 is 0. The van der Waals surface area contributed by atoms with Gasteiger partial charge in [-0.2, -0.15) is 0 Å². The van der Waals surface area contributed by atoms with Crippen molar-refractivity contribution in [2.24, 2.45) is 0 Å². The van der Waals surface area contributed by atoms with Crippen molar-refractivity contribution >= 4 is 11.3 Å². The topological polar surface area (TPSA) is 23.5 Å². The van der Waals surface area contributed by atoms with Crippen molar-refractivity contribution in [1.82, 2.24) is 4.90 Å². The van der Waals surface area contributed by atoms with Gasteiger partial charge in [0.1, 0.15) is 0 Å². The SMILES string of the molecule is CCN(CCCCO)Cc1cccs1. The molecule has 0 saturated carbocycles. The van der Waals surface area contributed by atoms with Gasteiger partial charge in [0.05, 0.1) is 0 Å². The Morgan fingerprint density at radius 1 is 1.43 bits per heavy atom. The van der Waals surface area contributed by atoms with Gasteiger partial charge in [-0.3, -0.25) is 4.90 Å². The molecule has 0 fully saturated rings. The maximum atomic E-state index is 8.69. The number of hydrogen-bond acceptors (Lipinski definition) is 3. The highest BCUT2D eigenvalue weighted by molar-refractivity contribution is 7.09. The zero-order valence-corrected chi connectivity index (χ0v) is 9.59. The first-order chi connectivity index (χ1) is 6.86. The Labute approximate surface area is 90.2 Å². The fraction of sp³-hybridized carbons (Fsp3) is 0.636. The number of unbranched alkanes of at least 4 members (excludes halogenated alkanes) is 1. The molecule has 0 saturated heterocycles. The highest BCUT2D eigenvalue weighted by Gasteiger charge is 2.03. The fourth-order valence-corrected chi connectivity index (χ4v) is 2.17. The molecule has 1 aromatic heterocycles. The second kappa shape index (κ2) is 6.98. The molecular weight excluding hydrogens is 194 g/mol. The minimum Gasteiger partial charge on any atom is -0.396 e. The monoisotopic (exact) mass is 213 g/mol. The molecule has 2 nitrogen and oxygen atoms in total. The third-order valence-corrected chi connectivity index (χ3v) is 3.15. The molecule has 80 valence electrons. The van der Waals surface area contributed by atoms with E-state index in [2.05, 4.69) is 29.3 Å². The summed E-state index contributed by atoms with van der Waals surface area (Å²) in [6.07, 6.45) is 2.01. The molecule has 14 heavy (non-hydrogen) atoms. The van der Waals surface area contributed by atoms with Gasteiger partial charge in [-0.25, -0.2) is 0 Å². The molecular formula is C11H19NOS. The number of nitrogens with zero attached hydrogens (tertiary/aromatic N) is 1. The van der Waals surface area contributed by atoms with Crippen LogP contribution in [0.1, 0.15) is 24.6 Å². The van der Waals surface area contributed by atoms with Gasteiger partial charge in [0.15, 0.2) is 0 Å². The van der Waals surface area contributed by atoms with Crippen LogP contribution in [0.15, 0.2) is 17.5 Å². The third-order valence-electron chi connectivity index (χ3n) is 2.29. The van der Waals surface area contributed by atoms with Crippen LogP contribution in [0.5, 0.6) is 0 Å². The van der Waals surface area contributed by atoms with Crippen molar-refractivity contribution in [3.8, 4) is 0 Å². The van der Waals surface area contributed by atoms with Crippen LogP contribution in [0.3, 0.4) is 0 Å². The molecule has 0 bridgehead atoms. The average Bonchev–Trinajstić information content (AvgIpc) is 2.69. The molecule has 0 aliphatic rings. The zero-order valence-electron chi connectivity index (χ0n) is 8.78. The first-order valence-electron chi connectivity index (χ1n) is 5.22. The lowest BCUT2D eigenvalue weighted by atomic mass is 10.3. The molecule has 0 atom stereocenters. The lowest BCUT2D eigenvalue weighted by molar-refractivity contribution is 0.244. The van der Waals surface area contributed by atoms with Gasteiger partial charge in [-0.1, -0.05) is 13.0 Å². The summed E-state index contributed by atoms with van der Waals surface area (Å²) in [6.45, 7) is 5.74. The summed E-state index contributed by atoms with van der Waals surface area (Å²) in [4.78, 5) is 3.84. The first kappa shape index (κ1) is 11.7. The highest BCUT2D eigenvalue weighted by atomic mass is 32.1. The largest absolute Gasteiger partial charge is 0.396 e. The maximum absolute atomic E-state index is 8.69. The molecule has 0 aliphatic carbocycles. The summed E-state index contributed by atoms with van der Waals surface area (Å²) >= 11 is 1.81. The first-order valence-corrected chi connectivity index (χ1v) is 6.10. The molecule has 0 unspecified atom stereocenters. The Balaban J connectivity index is 2.24. The van der Waals surface area contributed by atoms with Crippen LogP contribution in [-0.4, -0.2) is 29.7 Å².